The molecular weight excluding hydrogens is 194 g/mol. The van der Waals surface area contributed by atoms with Crippen LogP contribution in [0.25, 0.3) is 0 Å². The average Bonchev–Trinajstić information content (AvgIpc) is 2.28. The number of nitrogens with zero attached hydrogens (tertiary/aromatic N) is 4. The number of hydrogen-bond donors (Lipinski definition) is 1. The fraction of sp³-hybridized carbons (Fsp3) is 0.333. The Labute approximate surface area is 87.5 Å². The molecule has 1 amide bonds. The molecule has 6 nitrogen and oxygen atoms in total. The van der Waals surface area contributed by atoms with E-state index in [1.54, 1.807) is 25.1 Å². The van der Waals surface area contributed by atoms with E-state index in [4.69, 9.17) is 5.26 Å². The van der Waals surface area contributed by atoms with Crippen molar-refractivity contribution < 1.29 is 4.79 Å². The van der Waals surface area contributed by atoms with Gasteiger partial charge in [-0.2, -0.15) is 10.4 Å². The number of rotatable bonds is 3. The second-order valence-corrected chi connectivity index (χ2v) is 2.91. The molecule has 0 aliphatic rings. The molecule has 0 unspecified atom stereocenters. The fourth-order valence-corrected chi connectivity index (χ4v) is 1.06. The van der Waals surface area contributed by atoms with Gasteiger partial charge < -0.3 is 10.2 Å². The smallest absolute Gasteiger partial charge is 0.239 e. The van der Waals surface area contributed by atoms with Crippen LogP contribution in [-0.2, 0) is 4.79 Å². The van der Waals surface area contributed by atoms with Crippen LogP contribution in [0.4, 0.5) is 5.82 Å². The maximum Gasteiger partial charge on any atom is 0.239 e. The third kappa shape index (κ3) is 2.64. The molecule has 1 aromatic heterocycles. The first-order valence-corrected chi connectivity index (χ1v) is 4.32. The van der Waals surface area contributed by atoms with Crippen LogP contribution in [0.5, 0.6) is 0 Å². The van der Waals surface area contributed by atoms with Gasteiger partial charge in [0.1, 0.15) is 6.07 Å². The van der Waals surface area contributed by atoms with Gasteiger partial charge in [0.25, 0.3) is 0 Å². The molecule has 0 atom stereocenters. The highest BCUT2D eigenvalue weighted by Crippen LogP contribution is 2.12. The number of carbonyl (C=O) groups excluding carboxylic acids is 1. The predicted octanol–water partition coefficient (Wildman–Crippen LogP) is -0.470. The first-order valence-electron chi connectivity index (χ1n) is 4.32. The van der Waals surface area contributed by atoms with Gasteiger partial charge in [0.2, 0.25) is 5.91 Å². The summed E-state index contributed by atoms with van der Waals surface area (Å²) in [6.07, 6.45) is 1.44. The zero-order valence-corrected chi connectivity index (χ0v) is 8.56. The first kappa shape index (κ1) is 10.9. The molecule has 1 aromatic rings. The van der Waals surface area contributed by atoms with Gasteiger partial charge in [0, 0.05) is 14.1 Å². The van der Waals surface area contributed by atoms with Crippen molar-refractivity contribution in [2.75, 3.05) is 25.5 Å². The van der Waals surface area contributed by atoms with Gasteiger partial charge in [-0.3, -0.25) is 4.79 Å². The molecule has 78 valence electrons. The van der Waals surface area contributed by atoms with Crippen LogP contribution in [0.1, 0.15) is 5.56 Å². The number of nitriles is 1. The summed E-state index contributed by atoms with van der Waals surface area (Å²) >= 11 is 0. The molecule has 0 aliphatic carbocycles. The van der Waals surface area contributed by atoms with Crippen LogP contribution < -0.4 is 10.2 Å². The molecule has 1 rings (SSSR count). The zero-order valence-electron chi connectivity index (χ0n) is 8.56. The van der Waals surface area contributed by atoms with E-state index in [1.165, 1.54) is 6.20 Å². The predicted molar refractivity (Wildman–Crippen MR) is 54.1 cm³/mol. The van der Waals surface area contributed by atoms with Crippen molar-refractivity contribution in [3.63, 3.8) is 0 Å². The summed E-state index contributed by atoms with van der Waals surface area (Å²) in [5.74, 6) is 0.260. The number of carbonyl (C=O) groups is 1. The monoisotopic (exact) mass is 205 g/mol. The highest BCUT2D eigenvalue weighted by Gasteiger charge is 2.11. The minimum absolute atomic E-state index is 0.143. The van der Waals surface area contributed by atoms with Gasteiger partial charge in [0.05, 0.1) is 18.3 Å². The quantitative estimate of drug-likeness (QED) is 0.721. The number of amides is 1. The summed E-state index contributed by atoms with van der Waals surface area (Å²) in [6, 6.07) is 3.55. The largest absolute Gasteiger partial charge is 0.358 e. The zero-order chi connectivity index (χ0) is 11.3. The Morgan fingerprint density at radius 1 is 1.73 bits per heavy atom. The fourth-order valence-electron chi connectivity index (χ4n) is 1.06. The lowest BCUT2D eigenvalue weighted by atomic mass is 10.3. The van der Waals surface area contributed by atoms with Crippen molar-refractivity contribution in [2.24, 2.45) is 0 Å². The second kappa shape index (κ2) is 4.91. The van der Waals surface area contributed by atoms with Crippen molar-refractivity contribution in [3.05, 3.63) is 17.8 Å². The summed E-state index contributed by atoms with van der Waals surface area (Å²) in [6.45, 7) is 0.143. The molecule has 0 fully saturated rings. The molecule has 0 aliphatic heterocycles. The molecule has 0 saturated carbocycles. The van der Waals surface area contributed by atoms with Gasteiger partial charge in [-0.15, -0.1) is 5.10 Å². The van der Waals surface area contributed by atoms with Crippen LogP contribution in [0.15, 0.2) is 12.3 Å². The highest BCUT2D eigenvalue weighted by molar-refractivity contribution is 5.80. The molecule has 0 aromatic carbocycles. The van der Waals surface area contributed by atoms with E-state index in [0.29, 0.717) is 11.4 Å². The lowest BCUT2D eigenvalue weighted by Gasteiger charge is -2.16. The van der Waals surface area contributed by atoms with Crippen LogP contribution in [0.2, 0.25) is 0 Å². The van der Waals surface area contributed by atoms with Crippen LogP contribution in [0, 0.1) is 11.3 Å². The molecule has 6 heteroatoms. The van der Waals surface area contributed by atoms with E-state index in [9.17, 15) is 4.79 Å². The number of nitrogens with one attached hydrogen (secondary N) is 1. The molecule has 0 radical (unpaired) electrons. The lowest BCUT2D eigenvalue weighted by molar-refractivity contribution is -0.119. The van der Waals surface area contributed by atoms with Crippen molar-refractivity contribution in [1.82, 2.24) is 15.5 Å². The molecule has 0 spiro atoms. The Hall–Kier alpha value is -2.16. The number of likely N-dealkylation sites (N-methyl/N-ethyl adjacent to an activating group) is 2. The molecular formula is C9H11N5O. The third-order valence-corrected chi connectivity index (χ3v) is 1.84. The molecule has 1 heterocycles. The number of aromatic nitrogens is 2. The minimum atomic E-state index is -0.146. The summed E-state index contributed by atoms with van der Waals surface area (Å²) in [4.78, 5) is 12.7. The average molecular weight is 205 g/mol. The van der Waals surface area contributed by atoms with E-state index >= 15 is 0 Å². The molecule has 1 N–H and O–H groups in total. The Morgan fingerprint density at radius 2 is 2.47 bits per heavy atom. The van der Waals surface area contributed by atoms with Gasteiger partial charge in [-0.25, -0.2) is 0 Å². The van der Waals surface area contributed by atoms with E-state index in [-0.39, 0.29) is 12.5 Å². The van der Waals surface area contributed by atoms with Gasteiger partial charge in [-0.05, 0) is 6.07 Å². The number of anilines is 1. The van der Waals surface area contributed by atoms with Crippen LogP contribution in [-0.4, -0.2) is 36.7 Å². The van der Waals surface area contributed by atoms with Crippen molar-refractivity contribution in [1.29, 1.82) is 5.26 Å². The minimum Gasteiger partial charge on any atom is -0.358 e. The van der Waals surface area contributed by atoms with Crippen molar-refractivity contribution in [3.8, 4) is 6.07 Å². The van der Waals surface area contributed by atoms with Crippen molar-refractivity contribution in [2.45, 2.75) is 0 Å². The Kier molecular flexibility index (Phi) is 3.57. The SMILES string of the molecule is CNC(=O)CN(C)c1nnccc1C#N. The molecule has 0 saturated heterocycles. The van der Waals surface area contributed by atoms with Gasteiger partial charge in [0.15, 0.2) is 5.82 Å². The standard InChI is InChI=1S/C9H11N5O/c1-11-8(15)6-14(2)9-7(5-10)3-4-12-13-9/h3-4H,6H2,1-2H3,(H,11,15). The van der Waals surface area contributed by atoms with E-state index < -0.39 is 0 Å². The third-order valence-electron chi connectivity index (χ3n) is 1.84. The first-order chi connectivity index (χ1) is 7.19. The van der Waals surface area contributed by atoms with Gasteiger partial charge >= 0.3 is 0 Å². The van der Waals surface area contributed by atoms with Crippen LogP contribution >= 0.6 is 0 Å². The number of hydrogen-bond acceptors (Lipinski definition) is 5. The lowest BCUT2D eigenvalue weighted by Crippen LogP contribution is -2.33. The van der Waals surface area contributed by atoms with E-state index in [1.807, 2.05) is 6.07 Å². The topological polar surface area (TPSA) is 81.9 Å². The summed E-state index contributed by atoms with van der Waals surface area (Å²) < 4.78 is 0. The Bertz CT molecular complexity index is 398. The van der Waals surface area contributed by atoms with E-state index in [0.717, 1.165) is 0 Å². The Balaban J connectivity index is 2.87. The highest BCUT2D eigenvalue weighted by atomic mass is 16.1. The molecule has 0 bridgehead atoms. The summed E-state index contributed by atoms with van der Waals surface area (Å²) in [5, 5.41) is 18.8. The molecule has 15 heavy (non-hydrogen) atoms. The summed E-state index contributed by atoms with van der Waals surface area (Å²) in [5.41, 5.74) is 0.399. The maximum absolute atomic E-state index is 11.1. The van der Waals surface area contributed by atoms with E-state index in [2.05, 4.69) is 15.5 Å². The van der Waals surface area contributed by atoms with Gasteiger partial charge in [-0.1, -0.05) is 0 Å². The summed E-state index contributed by atoms with van der Waals surface area (Å²) in [7, 11) is 3.23. The maximum atomic E-state index is 11.1. The normalized spacial score (nSPS) is 9.13. The Morgan fingerprint density at radius 3 is 3.07 bits per heavy atom. The second-order valence-electron chi connectivity index (χ2n) is 2.91. The van der Waals surface area contributed by atoms with Crippen LogP contribution in [0.3, 0.4) is 0 Å². The van der Waals surface area contributed by atoms with Crippen molar-refractivity contribution >= 4 is 11.7 Å².